The lowest BCUT2D eigenvalue weighted by atomic mass is 10.2. The number of rotatable bonds is 3. The first kappa shape index (κ1) is 16.2. The summed E-state index contributed by atoms with van der Waals surface area (Å²) in [5, 5.41) is 2.75. The maximum absolute atomic E-state index is 13.6. The van der Waals surface area contributed by atoms with E-state index in [9.17, 15) is 13.6 Å². The van der Waals surface area contributed by atoms with Crippen LogP contribution in [0.4, 0.5) is 19.3 Å². The quantitative estimate of drug-likeness (QED) is 0.938. The molecule has 0 unspecified atom stereocenters. The van der Waals surface area contributed by atoms with Gasteiger partial charge in [-0.3, -0.25) is 0 Å². The van der Waals surface area contributed by atoms with Crippen LogP contribution in [0.15, 0.2) is 48.5 Å². The van der Waals surface area contributed by atoms with E-state index >= 15 is 0 Å². The van der Waals surface area contributed by atoms with Gasteiger partial charge in [0.1, 0.15) is 11.6 Å². The van der Waals surface area contributed by atoms with E-state index in [2.05, 4.69) is 10.2 Å². The zero-order valence-electron chi connectivity index (χ0n) is 13.2. The summed E-state index contributed by atoms with van der Waals surface area (Å²) >= 11 is 0. The highest BCUT2D eigenvalue weighted by molar-refractivity contribution is 5.74. The molecule has 0 aromatic heterocycles. The highest BCUT2D eigenvalue weighted by Gasteiger charge is 2.21. The van der Waals surface area contributed by atoms with Crippen molar-refractivity contribution in [2.75, 3.05) is 31.1 Å². The van der Waals surface area contributed by atoms with Gasteiger partial charge < -0.3 is 15.1 Å². The second-order valence-electron chi connectivity index (χ2n) is 5.70. The first-order valence-corrected chi connectivity index (χ1v) is 7.90. The minimum absolute atomic E-state index is 0.170. The number of nitrogens with zero attached hydrogens (tertiary/aromatic N) is 2. The minimum Gasteiger partial charge on any atom is -0.368 e. The van der Waals surface area contributed by atoms with Gasteiger partial charge in [0.15, 0.2) is 0 Å². The van der Waals surface area contributed by atoms with Crippen molar-refractivity contribution in [3.63, 3.8) is 0 Å². The number of carbonyl (C=O) groups is 1. The molecule has 2 amide bonds. The number of anilines is 1. The monoisotopic (exact) mass is 331 g/mol. The van der Waals surface area contributed by atoms with Crippen LogP contribution >= 0.6 is 0 Å². The van der Waals surface area contributed by atoms with Gasteiger partial charge in [0, 0.05) is 44.0 Å². The number of carbonyl (C=O) groups excluding carboxylic acids is 1. The summed E-state index contributed by atoms with van der Waals surface area (Å²) in [6.07, 6.45) is 0. The number of urea groups is 1. The fourth-order valence-electron chi connectivity index (χ4n) is 2.74. The molecule has 0 radical (unpaired) electrons. The van der Waals surface area contributed by atoms with Crippen molar-refractivity contribution < 1.29 is 13.6 Å². The van der Waals surface area contributed by atoms with Gasteiger partial charge >= 0.3 is 6.03 Å². The first-order valence-electron chi connectivity index (χ1n) is 7.90. The molecule has 2 aromatic rings. The average molecular weight is 331 g/mol. The normalized spacial score (nSPS) is 14.6. The molecule has 0 aliphatic carbocycles. The topological polar surface area (TPSA) is 35.6 Å². The van der Waals surface area contributed by atoms with Crippen molar-refractivity contribution >= 4 is 11.7 Å². The molecule has 126 valence electrons. The molecule has 2 aromatic carbocycles. The maximum Gasteiger partial charge on any atom is 0.317 e. The minimum atomic E-state index is -0.320. The Morgan fingerprint density at radius 2 is 1.62 bits per heavy atom. The lowest BCUT2D eigenvalue weighted by Crippen LogP contribution is -2.51. The average Bonchev–Trinajstić information content (AvgIpc) is 2.62. The van der Waals surface area contributed by atoms with Crippen molar-refractivity contribution in [2.24, 2.45) is 0 Å². The molecule has 0 spiro atoms. The summed E-state index contributed by atoms with van der Waals surface area (Å²) in [4.78, 5) is 16.0. The predicted octanol–water partition coefficient (Wildman–Crippen LogP) is 3.00. The Labute approximate surface area is 139 Å². The number of hydrogen-bond acceptors (Lipinski definition) is 2. The molecule has 1 aliphatic heterocycles. The zero-order valence-corrected chi connectivity index (χ0v) is 13.2. The van der Waals surface area contributed by atoms with Crippen LogP contribution < -0.4 is 10.2 Å². The highest BCUT2D eigenvalue weighted by atomic mass is 19.1. The van der Waals surface area contributed by atoms with Crippen LogP contribution in [-0.4, -0.2) is 37.1 Å². The van der Waals surface area contributed by atoms with E-state index in [4.69, 9.17) is 0 Å². The van der Waals surface area contributed by atoms with Crippen molar-refractivity contribution in [1.82, 2.24) is 10.2 Å². The second kappa shape index (κ2) is 7.29. The van der Waals surface area contributed by atoms with Crippen LogP contribution in [0.25, 0.3) is 0 Å². The molecular weight excluding hydrogens is 312 g/mol. The molecule has 1 saturated heterocycles. The third-order valence-corrected chi connectivity index (χ3v) is 4.15. The number of amides is 2. The SMILES string of the molecule is O=C(NCc1ccccc1F)N1CCN(c2ccc(F)cc2)CC1. The molecule has 0 saturated carbocycles. The molecule has 24 heavy (non-hydrogen) atoms. The predicted molar refractivity (Wildman–Crippen MR) is 88.8 cm³/mol. The molecule has 1 aliphatic rings. The Balaban J connectivity index is 1.50. The Hall–Kier alpha value is -2.63. The molecule has 1 heterocycles. The van der Waals surface area contributed by atoms with Crippen molar-refractivity contribution in [3.8, 4) is 0 Å². The lowest BCUT2D eigenvalue weighted by Gasteiger charge is -2.36. The van der Waals surface area contributed by atoms with Crippen LogP contribution in [0.5, 0.6) is 0 Å². The Morgan fingerprint density at radius 3 is 2.29 bits per heavy atom. The van der Waals surface area contributed by atoms with Gasteiger partial charge in [0.2, 0.25) is 0 Å². The van der Waals surface area contributed by atoms with E-state index in [1.807, 2.05) is 0 Å². The maximum atomic E-state index is 13.6. The standard InChI is InChI=1S/C18H19F2N3O/c19-15-5-7-16(8-6-15)22-9-11-23(12-10-22)18(24)21-13-14-3-1-2-4-17(14)20/h1-8H,9-13H2,(H,21,24). The number of piperazine rings is 1. The molecule has 6 heteroatoms. The van der Waals surface area contributed by atoms with Crippen molar-refractivity contribution in [1.29, 1.82) is 0 Å². The van der Waals surface area contributed by atoms with E-state index in [1.165, 1.54) is 18.2 Å². The van der Waals surface area contributed by atoms with Gasteiger partial charge in [-0.1, -0.05) is 18.2 Å². The van der Waals surface area contributed by atoms with Gasteiger partial charge in [-0.15, -0.1) is 0 Å². The smallest absolute Gasteiger partial charge is 0.317 e. The van der Waals surface area contributed by atoms with Crippen LogP contribution in [0, 0.1) is 11.6 Å². The summed E-state index contributed by atoms with van der Waals surface area (Å²) in [6.45, 7) is 2.67. The largest absolute Gasteiger partial charge is 0.368 e. The number of hydrogen-bond donors (Lipinski definition) is 1. The number of halogens is 2. The molecule has 3 rings (SSSR count). The van der Waals surface area contributed by atoms with Gasteiger partial charge in [-0.25, -0.2) is 13.6 Å². The van der Waals surface area contributed by atoms with Gasteiger partial charge in [-0.05, 0) is 30.3 Å². The first-order chi connectivity index (χ1) is 11.6. The van der Waals surface area contributed by atoms with Crippen molar-refractivity contribution in [2.45, 2.75) is 6.54 Å². The molecule has 1 fully saturated rings. The summed E-state index contributed by atoms with van der Waals surface area (Å²) in [5.41, 5.74) is 1.42. The van der Waals surface area contributed by atoms with Crippen molar-refractivity contribution in [3.05, 3.63) is 65.7 Å². The summed E-state index contributed by atoms with van der Waals surface area (Å²) in [5.74, 6) is -0.580. The third-order valence-electron chi connectivity index (χ3n) is 4.15. The number of benzene rings is 2. The Kier molecular flexibility index (Phi) is 4.93. The lowest BCUT2D eigenvalue weighted by molar-refractivity contribution is 0.194. The second-order valence-corrected chi connectivity index (χ2v) is 5.70. The fraction of sp³-hybridized carbons (Fsp3) is 0.278. The van der Waals surface area contributed by atoms with E-state index < -0.39 is 0 Å². The van der Waals surface area contributed by atoms with Gasteiger partial charge in [-0.2, -0.15) is 0 Å². The fourth-order valence-corrected chi connectivity index (χ4v) is 2.74. The van der Waals surface area contributed by atoms with Crippen LogP contribution in [0.2, 0.25) is 0 Å². The molecule has 0 bridgehead atoms. The Bertz CT molecular complexity index is 698. The van der Waals surface area contributed by atoms with Crippen LogP contribution in [0.3, 0.4) is 0 Å². The van der Waals surface area contributed by atoms with E-state index in [0.717, 1.165) is 5.69 Å². The number of nitrogens with one attached hydrogen (secondary N) is 1. The van der Waals surface area contributed by atoms with E-state index in [-0.39, 0.29) is 24.2 Å². The van der Waals surface area contributed by atoms with E-state index in [0.29, 0.717) is 31.7 Å². The molecule has 1 N–H and O–H groups in total. The van der Waals surface area contributed by atoms with Crippen LogP contribution in [0.1, 0.15) is 5.56 Å². The molecule has 4 nitrogen and oxygen atoms in total. The zero-order chi connectivity index (χ0) is 16.9. The van der Waals surface area contributed by atoms with Crippen LogP contribution in [-0.2, 0) is 6.54 Å². The van der Waals surface area contributed by atoms with Gasteiger partial charge in [0.05, 0.1) is 0 Å². The molecule has 0 atom stereocenters. The Morgan fingerprint density at radius 1 is 0.958 bits per heavy atom. The summed E-state index contributed by atoms with van der Waals surface area (Å²) in [6, 6.07) is 12.5. The third kappa shape index (κ3) is 3.82. The molecular formula is C18H19F2N3O. The summed E-state index contributed by atoms with van der Waals surface area (Å²) in [7, 11) is 0. The van der Waals surface area contributed by atoms with E-state index in [1.54, 1.807) is 35.2 Å². The summed E-state index contributed by atoms with van der Waals surface area (Å²) < 4.78 is 26.5. The van der Waals surface area contributed by atoms with Gasteiger partial charge in [0.25, 0.3) is 0 Å². The highest BCUT2D eigenvalue weighted by Crippen LogP contribution is 2.17.